The third-order valence-electron chi connectivity index (χ3n) is 2.39. The fourth-order valence-corrected chi connectivity index (χ4v) is 2.04. The standard InChI is InChI=1S/C9H8BrFN2O2.C5H8.CH2O2.CH4O/c10-5-1-6(11)3-7(2-5)13-9(15)4-8(12)14;1-2-4-5-3-1;2-1-3;1-2/h1-3H,4H2,(H2,12,14)(H,13,15);1-2H,3-5H2;1H,(H,2,3);2H,1H3. The van der Waals surface area contributed by atoms with Gasteiger partial charge >= 0.3 is 0 Å². The minimum absolute atomic E-state index is 0.250. The van der Waals surface area contributed by atoms with E-state index in [4.69, 9.17) is 20.7 Å². The molecule has 5 N–H and O–H groups in total. The van der Waals surface area contributed by atoms with Crippen molar-refractivity contribution in [3.05, 3.63) is 40.6 Å². The number of aliphatic hydroxyl groups is 1. The highest BCUT2D eigenvalue weighted by molar-refractivity contribution is 9.10. The molecule has 140 valence electrons. The zero-order valence-electron chi connectivity index (χ0n) is 13.7. The van der Waals surface area contributed by atoms with Gasteiger partial charge in [0.25, 0.3) is 6.47 Å². The lowest BCUT2D eigenvalue weighted by atomic mass is 10.3. The van der Waals surface area contributed by atoms with Crippen molar-refractivity contribution in [1.29, 1.82) is 0 Å². The first-order chi connectivity index (χ1) is 11.9. The number of hydrogen-bond acceptors (Lipinski definition) is 4. The summed E-state index contributed by atoms with van der Waals surface area (Å²) in [5.74, 6) is -1.79. The number of halogens is 2. The number of benzene rings is 1. The quantitative estimate of drug-likeness (QED) is 0.338. The summed E-state index contributed by atoms with van der Waals surface area (Å²) in [7, 11) is 1.00. The smallest absolute Gasteiger partial charge is 0.290 e. The van der Waals surface area contributed by atoms with E-state index in [-0.39, 0.29) is 12.2 Å². The molecule has 0 saturated heterocycles. The van der Waals surface area contributed by atoms with Crippen molar-refractivity contribution in [3.8, 4) is 0 Å². The summed E-state index contributed by atoms with van der Waals surface area (Å²) in [6.45, 7) is -0.250. The molecule has 0 spiro atoms. The summed E-state index contributed by atoms with van der Waals surface area (Å²) >= 11 is 3.07. The van der Waals surface area contributed by atoms with E-state index in [0.717, 1.165) is 13.2 Å². The molecule has 7 nitrogen and oxygen atoms in total. The SMILES string of the molecule is C1=CCCC1.CO.NC(=O)CC(=O)Nc1cc(F)cc(Br)c1.O=CO. The molecule has 1 aromatic carbocycles. The maximum Gasteiger partial charge on any atom is 0.290 e. The first-order valence-corrected chi connectivity index (χ1v) is 7.90. The van der Waals surface area contributed by atoms with Gasteiger partial charge in [-0.05, 0) is 37.5 Å². The summed E-state index contributed by atoms with van der Waals surface area (Å²) < 4.78 is 13.4. The van der Waals surface area contributed by atoms with Crippen molar-refractivity contribution >= 4 is 39.9 Å². The molecule has 2 amide bonds. The van der Waals surface area contributed by atoms with Gasteiger partial charge in [-0.15, -0.1) is 0 Å². The Bertz CT molecular complexity index is 541. The predicted molar refractivity (Wildman–Crippen MR) is 96.4 cm³/mol. The molecule has 0 atom stereocenters. The molecule has 0 unspecified atom stereocenters. The van der Waals surface area contributed by atoms with Crippen molar-refractivity contribution in [1.82, 2.24) is 0 Å². The van der Waals surface area contributed by atoms with Crippen LogP contribution >= 0.6 is 15.9 Å². The fourth-order valence-electron chi connectivity index (χ4n) is 1.58. The second-order valence-electron chi connectivity index (χ2n) is 4.36. The van der Waals surface area contributed by atoms with E-state index in [0.29, 0.717) is 4.47 Å². The molecule has 1 aliphatic rings. The van der Waals surface area contributed by atoms with Gasteiger partial charge in [-0.25, -0.2) is 4.39 Å². The number of primary amides is 1. The van der Waals surface area contributed by atoms with Crippen molar-refractivity contribution in [2.75, 3.05) is 12.4 Å². The van der Waals surface area contributed by atoms with Gasteiger partial charge in [0.2, 0.25) is 11.8 Å². The second kappa shape index (κ2) is 16.6. The maximum atomic E-state index is 12.9. The van der Waals surface area contributed by atoms with Crippen LogP contribution in [0.25, 0.3) is 0 Å². The number of nitrogens with one attached hydrogen (secondary N) is 1. The van der Waals surface area contributed by atoms with Gasteiger partial charge in [-0.2, -0.15) is 0 Å². The number of allylic oxidation sites excluding steroid dienone is 2. The van der Waals surface area contributed by atoms with Gasteiger partial charge < -0.3 is 21.3 Å². The van der Waals surface area contributed by atoms with Crippen LogP contribution in [-0.2, 0) is 14.4 Å². The molecule has 0 bridgehead atoms. The highest BCUT2D eigenvalue weighted by atomic mass is 79.9. The van der Waals surface area contributed by atoms with E-state index in [1.807, 2.05) is 0 Å². The molecule has 0 radical (unpaired) electrons. The minimum atomic E-state index is -0.733. The second-order valence-corrected chi connectivity index (χ2v) is 5.27. The first-order valence-electron chi connectivity index (χ1n) is 7.10. The van der Waals surface area contributed by atoms with E-state index in [1.54, 1.807) is 0 Å². The lowest BCUT2D eigenvalue weighted by Gasteiger charge is -2.04. The summed E-state index contributed by atoms with van der Waals surface area (Å²) in [6, 6.07) is 3.91. The van der Waals surface area contributed by atoms with Gasteiger partial charge in [0, 0.05) is 17.3 Å². The zero-order chi connectivity index (χ0) is 19.7. The topological polar surface area (TPSA) is 130 Å². The number of carbonyl (C=O) groups excluding carboxylic acids is 2. The molecule has 1 aliphatic carbocycles. The van der Waals surface area contributed by atoms with E-state index in [9.17, 15) is 14.0 Å². The van der Waals surface area contributed by atoms with Crippen molar-refractivity contribution in [2.45, 2.75) is 25.7 Å². The number of carboxylic acid groups (broad SMARTS) is 1. The van der Waals surface area contributed by atoms with Gasteiger partial charge in [0.1, 0.15) is 12.2 Å². The number of aliphatic hydroxyl groups excluding tert-OH is 1. The van der Waals surface area contributed by atoms with E-state index in [2.05, 4.69) is 33.4 Å². The number of carbonyl (C=O) groups is 3. The monoisotopic (exact) mass is 420 g/mol. The van der Waals surface area contributed by atoms with Gasteiger partial charge in [-0.3, -0.25) is 14.4 Å². The van der Waals surface area contributed by atoms with Crippen LogP contribution in [0.3, 0.4) is 0 Å². The lowest BCUT2D eigenvalue weighted by molar-refractivity contribution is -0.125. The summed E-state index contributed by atoms with van der Waals surface area (Å²) in [4.78, 5) is 29.9. The van der Waals surface area contributed by atoms with Gasteiger partial charge in [0.15, 0.2) is 0 Å². The molecule has 9 heteroatoms. The molecule has 25 heavy (non-hydrogen) atoms. The number of anilines is 1. The predicted octanol–water partition coefficient (Wildman–Crippen LogP) is 2.44. The molecule has 0 aliphatic heterocycles. The molecule has 0 saturated carbocycles. The average Bonchev–Trinajstić information content (AvgIpc) is 3.07. The lowest BCUT2D eigenvalue weighted by Crippen LogP contribution is -2.21. The van der Waals surface area contributed by atoms with Crippen LogP contribution in [0.15, 0.2) is 34.8 Å². The van der Waals surface area contributed by atoms with Gasteiger partial charge in [-0.1, -0.05) is 28.1 Å². The summed E-state index contributed by atoms with van der Waals surface area (Å²) in [5.41, 5.74) is 5.10. The van der Waals surface area contributed by atoms with Crippen molar-refractivity contribution in [3.63, 3.8) is 0 Å². The Morgan fingerprint density at radius 3 is 2.16 bits per heavy atom. The Labute approximate surface area is 153 Å². The Morgan fingerprint density at radius 1 is 1.28 bits per heavy atom. The number of amides is 2. The van der Waals surface area contributed by atoms with Crippen LogP contribution in [0.5, 0.6) is 0 Å². The fraction of sp³-hybridized carbons (Fsp3) is 0.312. The first kappa shape index (κ1) is 25.0. The van der Waals surface area contributed by atoms with Crippen molar-refractivity contribution in [2.24, 2.45) is 5.73 Å². The molecule has 0 fully saturated rings. The van der Waals surface area contributed by atoms with E-state index >= 15 is 0 Å². The Balaban J connectivity index is 0. The molecule has 2 rings (SSSR count). The van der Waals surface area contributed by atoms with Gasteiger partial charge in [0.05, 0.1) is 0 Å². The Kier molecular flexibility index (Phi) is 16.6. The maximum absolute atomic E-state index is 12.9. The van der Waals surface area contributed by atoms with Crippen LogP contribution in [0.2, 0.25) is 0 Å². The molecular weight excluding hydrogens is 399 g/mol. The highest BCUT2D eigenvalue weighted by Crippen LogP contribution is 2.18. The Hall–Kier alpha value is -2.26. The van der Waals surface area contributed by atoms with Crippen LogP contribution < -0.4 is 11.1 Å². The van der Waals surface area contributed by atoms with Crippen LogP contribution in [0.1, 0.15) is 25.7 Å². The number of nitrogens with two attached hydrogens (primary N) is 1. The largest absolute Gasteiger partial charge is 0.483 e. The van der Waals surface area contributed by atoms with E-state index in [1.165, 1.54) is 31.4 Å². The number of rotatable bonds is 3. The molecule has 0 aromatic heterocycles. The molecule has 0 heterocycles. The van der Waals surface area contributed by atoms with Crippen LogP contribution in [-0.4, -0.2) is 35.6 Å². The van der Waals surface area contributed by atoms with E-state index < -0.39 is 24.1 Å². The third kappa shape index (κ3) is 16.4. The summed E-state index contributed by atoms with van der Waals surface area (Å²) in [5, 5.41) is 16.2. The normalized spacial score (nSPS) is 10.7. The third-order valence-corrected chi connectivity index (χ3v) is 2.85. The summed E-state index contributed by atoms with van der Waals surface area (Å²) in [6.07, 6.45) is 8.08. The molecule has 1 aromatic rings. The number of hydrogen-bond donors (Lipinski definition) is 4. The average molecular weight is 421 g/mol. The van der Waals surface area contributed by atoms with Crippen molar-refractivity contribution < 1.29 is 29.0 Å². The zero-order valence-corrected chi connectivity index (χ0v) is 15.3. The highest BCUT2D eigenvalue weighted by Gasteiger charge is 2.07. The minimum Gasteiger partial charge on any atom is -0.483 e. The molecular formula is C16H22BrFN2O5. The van der Waals surface area contributed by atoms with Crippen LogP contribution in [0.4, 0.5) is 10.1 Å². The Morgan fingerprint density at radius 2 is 1.80 bits per heavy atom. The van der Waals surface area contributed by atoms with Crippen LogP contribution in [0, 0.1) is 5.82 Å².